The maximum Gasteiger partial charge on any atom is 0.122 e. The Morgan fingerprint density at radius 1 is 1.06 bits per heavy atom. The van der Waals surface area contributed by atoms with E-state index in [9.17, 15) is 0 Å². The van der Waals surface area contributed by atoms with Gasteiger partial charge in [-0.2, -0.15) is 0 Å². The highest BCUT2D eigenvalue weighted by Crippen LogP contribution is 2.40. The molecule has 1 N–H and O–H groups in total. The number of benzene rings is 1. The van der Waals surface area contributed by atoms with E-state index in [1.165, 1.54) is 19.3 Å². The van der Waals surface area contributed by atoms with Gasteiger partial charge in [0.05, 0.1) is 0 Å². The van der Waals surface area contributed by atoms with Crippen molar-refractivity contribution in [3.8, 4) is 5.75 Å². The fourth-order valence-corrected chi connectivity index (χ4v) is 3.22. The van der Waals surface area contributed by atoms with E-state index >= 15 is 0 Å². The van der Waals surface area contributed by atoms with Crippen molar-refractivity contribution in [2.45, 2.75) is 25.4 Å². The smallest absolute Gasteiger partial charge is 0.122 e. The van der Waals surface area contributed by atoms with E-state index in [0.717, 1.165) is 18.8 Å². The number of halogens is 2. The van der Waals surface area contributed by atoms with Gasteiger partial charge < -0.3 is 10.1 Å². The molecule has 3 rings (SSSR count). The molecule has 18 heavy (non-hydrogen) atoms. The van der Waals surface area contributed by atoms with E-state index in [1.807, 2.05) is 12.1 Å². The molecule has 2 fully saturated rings. The SMILES string of the molecule is Clc1cc(Cl)cc(O[C@@H](C2CC2)[C@H]2CCNC2)c1. The van der Waals surface area contributed by atoms with Gasteiger partial charge in [0.1, 0.15) is 11.9 Å². The monoisotopic (exact) mass is 285 g/mol. The van der Waals surface area contributed by atoms with Crippen LogP contribution < -0.4 is 10.1 Å². The van der Waals surface area contributed by atoms with Crippen molar-refractivity contribution < 1.29 is 4.74 Å². The van der Waals surface area contributed by atoms with Crippen LogP contribution in [-0.4, -0.2) is 19.2 Å². The molecule has 2 nitrogen and oxygen atoms in total. The van der Waals surface area contributed by atoms with Crippen molar-refractivity contribution in [1.29, 1.82) is 0 Å². The molecule has 4 heteroatoms. The molecular weight excluding hydrogens is 269 g/mol. The standard InChI is InChI=1S/C14H17Cl2NO/c15-11-5-12(16)7-13(6-11)18-14(9-1-2-9)10-3-4-17-8-10/h5-7,9-10,14,17H,1-4,8H2/t10-,14-/m0/s1. The molecule has 1 heterocycles. The highest BCUT2D eigenvalue weighted by molar-refractivity contribution is 6.34. The first-order valence-corrected chi connectivity index (χ1v) is 7.31. The van der Waals surface area contributed by atoms with Crippen LogP contribution >= 0.6 is 23.2 Å². The Labute approximate surface area is 118 Å². The second-order valence-electron chi connectivity index (χ2n) is 5.28. The molecule has 2 atom stereocenters. The lowest BCUT2D eigenvalue weighted by atomic mass is 9.97. The Hall–Kier alpha value is -0.440. The van der Waals surface area contributed by atoms with Gasteiger partial charge in [-0.05, 0) is 49.9 Å². The lowest BCUT2D eigenvalue weighted by molar-refractivity contribution is 0.121. The molecule has 0 bridgehead atoms. The Balaban J connectivity index is 1.75. The fraction of sp³-hybridized carbons (Fsp3) is 0.571. The van der Waals surface area contributed by atoms with Crippen LogP contribution in [0.15, 0.2) is 18.2 Å². The molecule has 0 unspecified atom stereocenters. The topological polar surface area (TPSA) is 21.3 Å². The summed E-state index contributed by atoms with van der Waals surface area (Å²) in [6.07, 6.45) is 4.09. The van der Waals surface area contributed by atoms with Gasteiger partial charge in [-0.15, -0.1) is 0 Å². The van der Waals surface area contributed by atoms with Crippen molar-refractivity contribution in [2.24, 2.45) is 11.8 Å². The predicted octanol–water partition coefficient (Wildman–Crippen LogP) is 3.76. The minimum atomic E-state index is 0.314. The second kappa shape index (κ2) is 5.28. The Kier molecular flexibility index (Phi) is 3.69. The summed E-state index contributed by atoms with van der Waals surface area (Å²) in [5.41, 5.74) is 0. The van der Waals surface area contributed by atoms with Crippen LogP contribution in [0.4, 0.5) is 0 Å². The van der Waals surface area contributed by atoms with E-state index in [1.54, 1.807) is 6.07 Å². The predicted molar refractivity (Wildman–Crippen MR) is 74.6 cm³/mol. The van der Waals surface area contributed by atoms with Gasteiger partial charge in [-0.1, -0.05) is 23.2 Å². The van der Waals surface area contributed by atoms with Crippen LogP contribution in [0.5, 0.6) is 5.75 Å². The number of hydrogen-bond donors (Lipinski definition) is 1. The maximum absolute atomic E-state index is 6.18. The molecule has 1 aliphatic heterocycles. The third-order valence-electron chi connectivity index (χ3n) is 3.76. The normalized spacial score (nSPS) is 25.1. The van der Waals surface area contributed by atoms with Gasteiger partial charge in [0.2, 0.25) is 0 Å². The van der Waals surface area contributed by atoms with E-state index in [0.29, 0.717) is 28.0 Å². The van der Waals surface area contributed by atoms with Crippen LogP contribution in [0.25, 0.3) is 0 Å². The first-order valence-electron chi connectivity index (χ1n) is 6.56. The second-order valence-corrected chi connectivity index (χ2v) is 6.15. The molecule has 2 aliphatic rings. The number of ether oxygens (including phenoxy) is 1. The van der Waals surface area contributed by atoms with Gasteiger partial charge in [0, 0.05) is 22.5 Å². The van der Waals surface area contributed by atoms with Gasteiger partial charge in [-0.3, -0.25) is 0 Å². The molecule has 1 aliphatic carbocycles. The average molecular weight is 286 g/mol. The molecule has 0 radical (unpaired) electrons. The van der Waals surface area contributed by atoms with Gasteiger partial charge >= 0.3 is 0 Å². The Bertz CT molecular complexity index is 408. The fourth-order valence-electron chi connectivity index (χ4n) is 2.71. The Morgan fingerprint density at radius 2 is 1.78 bits per heavy atom. The zero-order valence-electron chi connectivity index (χ0n) is 10.2. The van der Waals surface area contributed by atoms with Crippen LogP contribution in [0.1, 0.15) is 19.3 Å². The summed E-state index contributed by atoms with van der Waals surface area (Å²) in [5, 5.41) is 4.68. The largest absolute Gasteiger partial charge is 0.490 e. The van der Waals surface area contributed by atoms with Crippen LogP contribution in [0.2, 0.25) is 10.0 Å². The van der Waals surface area contributed by atoms with Gasteiger partial charge in [0.15, 0.2) is 0 Å². The van der Waals surface area contributed by atoms with Crippen molar-refractivity contribution in [3.63, 3.8) is 0 Å². The zero-order valence-corrected chi connectivity index (χ0v) is 11.7. The highest BCUT2D eigenvalue weighted by atomic mass is 35.5. The lowest BCUT2D eigenvalue weighted by Crippen LogP contribution is -2.30. The minimum Gasteiger partial charge on any atom is -0.490 e. The third kappa shape index (κ3) is 2.93. The summed E-state index contributed by atoms with van der Waals surface area (Å²) < 4.78 is 6.18. The first kappa shape index (κ1) is 12.6. The molecule has 0 spiro atoms. The number of hydrogen-bond acceptors (Lipinski definition) is 2. The molecule has 1 saturated carbocycles. The van der Waals surface area contributed by atoms with Crippen molar-refractivity contribution in [2.75, 3.05) is 13.1 Å². The van der Waals surface area contributed by atoms with Gasteiger partial charge in [-0.25, -0.2) is 0 Å². The molecule has 1 saturated heterocycles. The summed E-state index contributed by atoms with van der Waals surface area (Å²) in [7, 11) is 0. The van der Waals surface area contributed by atoms with Crippen molar-refractivity contribution in [3.05, 3.63) is 28.2 Å². The Morgan fingerprint density at radius 3 is 2.33 bits per heavy atom. The molecule has 1 aromatic rings. The summed E-state index contributed by atoms with van der Waals surface area (Å²) in [4.78, 5) is 0. The molecule has 98 valence electrons. The summed E-state index contributed by atoms with van der Waals surface area (Å²) in [6.45, 7) is 2.17. The maximum atomic E-state index is 6.18. The molecule has 0 aromatic heterocycles. The summed E-state index contributed by atoms with van der Waals surface area (Å²) >= 11 is 12.0. The molecular formula is C14H17Cl2NO. The minimum absolute atomic E-state index is 0.314. The van der Waals surface area contributed by atoms with Gasteiger partial charge in [0.25, 0.3) is 0 Å². The van der Waals surface area contributed by atoms with Crippen LogP contribution in [0.3, 0.4) is 0 Å². The lowest BCUT2D eigenvalue weighted by Gasteiger charge is -2.24. The van der Waals surface area contributed by atoms with Crippen molar-refractivity contribution in [1.82, 2.24) is 5.32 Å². The number of nitrogens with one attached hydrogen (secondary N) is 1. The highest BCUT2D eigenvalue weighted by Gasteiger charge is 2.39. The molecule has 1 aromatic carbocycles. The van der Waals surface area contributed by atoms with Crippen LogP contribution in [-0.2, 0) is 0 Å². The average Bonchev–Trinajstić information content (AvgIpc) is 3.00. The summed E-state index contributed by atoms with van der Waals surface area (Å²) in [6, 6.07) is 5.44. The number of rotatable bonds is 4. The van der Waals surface area contributed by atoms with E-state index < -0.39 is 0 Å². The van der Waals surface area contributed by atoms with E-state index in [4.69, 9.17) is 27.9 Å². The first-order chi connectivity index (χ1) is 8.72. The zero-order chi connectivity index (χ0) is 12.5. The summed E-state index contributed by atoms with van der Waals surface area (Å²) in [5.74, 6) is 2.14. The van der Waals surface area contributed by atoms with E-state index in [-0.39, 0.29) is 0 Å². The molecule has 0 amide bonds. The quantitative estimate of drug-likeness (QED) is 0.910. The van der Waals surface area contributed by atoms with Crippen LogP contribution in [0, 0.1) is 11.8 Å². The van der Waals surface area contributed by atoms with Crippen molar-refractivity contribution >= 4 is 23.2 Å². The van der Waals surface area contributed by atoms with E-state index in [2.05, 4.69) is 5.32 Å². The third-order valence-corrected chi connectivity index (χ3v) is 4.19.